The molecule has 0 radical (unpaired) electrons. The van der Waals surface area contributed by atoms with Crippen molar-refractivity contribution < 1.29 is 9.59 Å². The van der Waals surface area contributed by atoms with Crippen molar-refractivity contribution in [1.29, 1.82) is 0 Å². The van der Waals surface area contributed by atoms with E-state index in [2.05, 4.69) is 10.6 Å². The Balaban J connectivity index is 2.45. The van der Waals surface area contributed by atoms with Crippen LogP contribution in [0.1, 0.15) is 52.4 Å². The number of carbonyl (C=O) groups is 2. The molecule has 5 heteroatoms. The van der Waals surface area contributed by atoms with Gasteiger partial charge in [-0.25, -0.2) is 0 Å². The van der Waals surface area contributed by atoms with Crippen molar-refractivity contribution in [3.05, 3.63) is 0 Å². The Kier molecular flexibility index (Phi) is 5.59. The maximum absolute atomic E-state index is 12.1. The molecule has 1 saturated carbocycles. The van der Waals surface area contributed by atoms with Crippen molar-refractivity contribution in [2.45, 2.75) is 64.0 Å². The Labute approximate surface area is 109 Å². The SMILES string of the molecule is CCCNC(=O)C(C)NC(=O)C1(N)CCCCC1. The van der Waals surface area contributed by atoms with Gasteiger partial charge < -0.3 is 16.4 Å². The van der Waals surface area contributed by atoms with Crippen LogP contribution in [0.15, 0.2) is 0 Å². The van der Waals surface area contributed by atoms with Gasteiger partial charge in [-0.1, -0.05) is 26.2 Å². The summed E-state index contributed by atoms with van der Waals surface area (Å²) in [5, 5.41) is 5.48. The number of carbonyl (C=O) groups excluding carboxylic acids is 2. The molecule has 0 bridgehead atoms. The largest absolute Gasteiger partial charge is 0.354 e. The van der Waals surface area contributed by atoms with Gasteiger partial charge in [0, 0.05) is 6.54 Å². The molecule has 1 fully saturated rings. The van der Waals surface area contributed by atoms with E-state index >= 15 is 0 Å². The van der Waals surface area contributed by atoms with Crippen molar-refractivity contribution in [1.82, 2.24) is 10.6 Å². The molecule has 0 spiro atoms. The molecule has 1 aliphatic rings. The molecule has 1 atom stereocenters. The molecule has 0 aromatic carbocycles. The molecule has 0 aromatic rings. The van der Waals surface area contributed by atoms with Crippen LogP contribution in [-0.2, 0) is 9.59 Å². The van der Waals surface area contributed by atoms with Crippen LogP contribution in [0.25, 0.3) is 0 Å². The number of hydrogen-bond donors (Lipinski definition) is 3. The molecule has 0 aliphatic heterocycles. The first-order valence-electron chi connectivity index (χ1n) is 6.87. The Hall–Kier alpha value is -1.10. The van der Waals surface area contributed by atoms with Gasteiger partial charge in [-0.15, -0.1) is 0 Å². The standard InChI is InChI=1S/C13H25N3O2/c1-3-9-15-11(17)10(2)16-12(18)13(14)7-5-4-6-8-13/h10H,3-9,14H2,1-2H3,(H,15,17)(H,16,18). The third-order valence-corrected chi connectivity index (χ3v) is 3.49. The zero-order valence-corrected chi connectivity index (χ0v) is 11.4. The molecular weight excluding hydrogens is 230 g/mol. The fourth-order valence-corrected chi connectivity index (χ4v) is 2.22. The first-order valence-corrected chi connectivity index (χ1v) is 6.87. The number of rotatable bonds is 5. The van der Waals surface area contributed by atoms with Crippen LogP contribution in [0.4, 0.5) is 0 Å². The van der Waals surface area contributed by atoms with Gasteiger partial charge in [-0.2, -0.15) is 0 Å². The monoisotopic (exact) mass is 255 g/mol. The summed E-state index contributed by atoms with van der Waals surface area (Å²) in [5.41, 5.74) is 5.33. The van der Waals surface area contributed by atoms with Crippen LogP contribution in [0, 0.1) is 0 Å². The lowest BCUT2D eigenvalue weighted by molar-refractivity contribution is -0.132. The van der Waals surface area contributed by atoms with E-state index in [0.29, 0.717) is 19.4 Å². The summed E-state index contributed by atoms with van der Waals surface area (Å²) in [6, 6.07) is -0.522. The first kappa shape index (κ1) is 15.0. The Morgan fingerprint density at radius 2 is 1.89 bits per heavy atom. The van der Waals surface area contributed by atoms with Gasteiger partial charge in [0.1, 0.15) is 6.04 Å². The lowest BCUT2D eigenvalue weighted by Gasteiger charge is -2.32. The molecule has 0 aromatic heterocycles. The minimum atomic E-state index is -0.780. The predicted molar refractivity (Wildman–Crippen MR) is 70.9 cm³/mol. The van der Waals surface area contributed by atoms with E-state index in [1.165, 1.54) is 0 Å². The molecule has 1 rings (SSSR count). The number of nitrogens with one attached hydrogen (secondary N) is 2. The van der Waals surface area contributed by atoms with Crippen molar-refractivity contribution in [2.75, 3.05) is 6.54 Å². The van der Waals surface area contributed by atoms with Crippen molar-refractivity contribution in [3.63, 3.8) is 0 Å². The van der Waals surface area contributed by atoms with Gasteiger partial charge in [0.05, 0.1) is 5.54 Å². The topological polar surface area (TPSA) is 84.2 Å². The van der Waals surface area contributed by atoms with E-state index in [-0.39, 0.29) is 11.8 Å². The van der Waals surface area contributed by atoms with Crippen LogP contribution in [-0.4, -0.2) is 29.9 Å². The maximum Gasteiger partial charge on any atom is 0.242 e. The molecule has 1 aliphatic carbocycles. The molecular formula is C13H25N3O2. The fraction of sp³-hybridized carbons (Fsp3) is 0.846. The van der Waals surface area contributed by atoms with Crippen molar-refractivity contribution in [3.8, 4) is 0 Å². The third-order valence-electron chi connectivity index (χ3n) is 3.49. The van der Waals surface area contributed by atoms with Crippen molar-refractivity contribution in [2.24, 2.45) is 5.73 Å². The average Bonchev–Trinajstić information content (AvgIpc) is 2.36. The van der Waals surface area contributed by atoms with Gasteiger partial charge in [0.15, 0.2) is 0 Å². The molecule has 0 saturated heterocycles. The Morgan fingerprint density at radius 3 is 2.44 bits per heavy atom. The minimum absolute atomic E-state index is 0.149. The smallest absolute Gasteiger partial charge is 0.242 e. The summed E-state index contributed by atoms with van der Waals surface area (Å²) in [7, 11) is 0. The molecule has 2 amide bonds. The Bertz CT molecular complexity index is 299. The highest BCUT2D eigenvalue weighted by molar-refractivity contribution is 5.91. The highest BCUT2D eigenvalue weighted by atomic mass is 16.2. The summed E-state index contributed by atoms with van der Waals surface area (Å²) < 4.78 is 0. The summed E-state index contributed by atoms with van der Waals surface area (Å²) in [5.74, 6) is -0.342. The van der Waals surface area contributed by atoms with E-state index in [1.807, 2.05) is 6.92 Å². The summed E-state index contributed by atoms with van der Waals surface area (Å²) in [6.45, 7) is 4.31. The van der Waals surface area contributed by atoms with Crippen molar-refractivity contribution >= 4 is 11.8 Å². The highest BCUT2D eigenvalue weighted by Gasteiger charge is 2.36. The van der Waals surface area contributed by atoms with Crippen LogP contribution >= 0.6 is 0 Å². The van der Waals surface area contributed by atoms with Gasteiger partial charge >= 0.3 is 0 Å². The van der Waals surface area contributed by atoms with E-state index < -0.39 is 11.6 Å². The second-order valence-corrected chi connectivity index (χ2v) is 5.20. The zero-order valence-electron chi connectivity index (χ0n) is 11.4. The maximum atomic E-state index is 12.1. The zero-order chi connectivity index (χ0) is 13.6. The van der Waals surface area contributed by atoms with Gasteiger partial charge in [0.2, 0.25) is 11.8 Å². The van der Waals surface area contributed by atoms with Gasteiger partial charge in [-0.3, -0.25) is 9.59 Å². The predicted octanol–water partition coefficient (Wildman–Crippen LogP) is 0.679. The summed E-state index contributed by atoms with van der Waals surface area (Å²) in [4.78, 5) is 23.8. The normalized spacial score (nSPS) is 19.9. The average molecular weight is 255 g/mol. The van der Waals surface area contributed by atoms with Gasteiger partial charge in [0.25, 0.3) is 0 Å². The van der Waals surface area contributed by atoms with E-state index in [0.717, 1.165) is 25.7 Å². The number of hydrogen-bond acceptors (Lipinski definition) is 3. The minimum Gasteiger partial charge on any atom is -0.354 e. The van der Waals surface area contributed by atoms with E-state index in [9.17, 15) is 9.59 Å². The molecule has 4 N–H and O–H groups in total. The molecule has 18 heavy (non-hydrogen) atoms. The second-order valence-electron chi connectivity index (χ2n) is 5.20. The van der Waals surface area contributed by atoms with Crippen LogP contribution in [0.3, 0.4) is 0 Å². The van der Waals surface area contributed by atoms with Crippen LogP contribution in [0.2, 0.25) is 0 Å². The third kappa shape index (κ3) is 3.98. The lowest BCUT2D eigenvalue weighted by atomic mass is 9.82. The molecule has 1 unspecified atom stereocenters. The van der Waals surface area contributed by atoms with Crippen LogP contribution < -0.4 is 16.4 Å². The quantitative estimate of drug-likeness (QED) is 0.675. The Morgan fingerprint density at radius 1 is 1.28 bits per heavy atom. The van der Waals surface area contributed by atoms with E-state index in [1.54, 1.807) is 6.92 Å². The van der Waals surface area contributed by atoms with Crippen LogP contribution in [0.5, 0.6) is 0 Å². The number of nitrogens with two attached hydrogens (primary N) is 1. The molecule has 5 nitrogen and oxygen atoms in total. The van der Waals surface area contributed by atoms with E-state index in [4.69, 9.17) is 5.73 Å². The lowest BCUT2D eigenvalue weighted by Crippen LogP contribution is -2.58. The summed E-state index contributed by atoms with van der Waals surface area (Å²) in [6.07, 6.45) is 5.41. The highest BCUT2D eigenvalue weighted by Crippen LogP contribution is 2.25. The fourth-order valence-electron chi connectivity index (χ4n) is 2.22. The second kappa shape index (κ2) is 6.73. The summed E-state index contributed by atoms with van der Waals surface area (Å²) >= 11 is 0. The molecule has 0 heterocycles. The first-order chi connectivity index (χ1) is 8.49. The van der Waals surface area contributed by atoms with Gasteiger partial charge in [-0.05, 0) is 26.2 Å². The number of amides is 2. The molecule has 104 valence electrons.